The molecule has 0 heterocycles. The molecule has 0 bridgehead atoms. The maximum absolute atomic E-state index is 12.1. The van der Waals surface area contributed by atoms with E-state index in [-0.39, 0.29) is 6.61 Å². The number of esters is 2. The number of carbonyl (C=O) groups is 2. The molecule has 3 aromatic rings. The maximum atomic E-state index is 12.1. The van der Waals surface area contributed by atoms with Crippen molar-refractivity contribution in [2.24, 2.45) is 0 Å². The summed E-state index contributed by atoms with van der Waals surface area (Å²) in [6.07, 6.45) is 6.86. The summed E-state index contributed by atoms with van der Waals surface area (Å²) in [5.74, 6) is 0.909. The Labute approximate surface area is 223 Å². The molecule has 0 spiro atoms. The largest absolute Gasteiger partial charge is 0.494 e. The van der Waals surface area contributed by atoms with Crippen LogP contribution in [0.2, 0.25) is 0 Å². The maximum Gasteiger partial charge on any atom is 0.338 e. The zero-order valence-electron chi connectivity index (χ0n) is 21.6. The number of rotatable bonds is 14. The average Bonchev–Trinajstić information content (AvgIpc) is 2.90. The monoisotopic (exact) mass is 518 g/mol. The van der Waals surface area contributed by atoms with Gasteiger partial charge in [-0.1, -0.05) is 31.9 Å². The van der Waals surface area contributed by atoms with Crippen LogP contribution in [0.25, 0.3) is 6.08 Å². The first-order valence-electron chi connectivity index (χ1n) is 12.6. The van der Waals surface area contributed by atoms with Crippen molar-refractivity contribution in [2.45, 2.75) is 32.6 Å². The minimum absolute atomic E-state index is 0.200. The molecular weight excluding hydrogens is 484 g/mol. The van der Waals surface area contributed by atoms with E-state index in [4.69, 9.17) is 30.4 Å². The number of hydrogen-bond acceptors (Lipinski definition) is 8. The molecule has 8 heteroatoms. The molecular formula is C30H34N2O6. The lowest BCUT2D eigenvalue weighted by molar-refractivity contribution is -0.128. The number of ether oxygens (including phenoxy) is 4. The summed E-state index contributed by atoms with van der Waals surface area (Å²) in [5, 5.41) is 0. The third-order valence-electron chi connectivity index (χ3n) is 5.35. The Hall–Kier alpha value is -4.46. The fourth-order valence-corrected chi connectivity index (χ4v) is 3.43. The van der Waals surface area contributed by atoms with Crippen LogP contribution in [0.4, 0.5) is 11.4 Å². The number of nitrogen functional groups attached to an aromatic ring is 2. The van der Waals surface area contributed by atoms with Crippen molar-refractivity contribution < 1.29 is 28.5 Å². The average molecular weight is 519 g/mol. The molecule has 8 nitrogen and oxygen atoms in total. The molecule has 0 fully saturated rings. The zero-order chi connectivity index (χ0) is 27.2. The van der Waals surface area contributed by atoms with Gasteiger partial charge in [0.05, 0.1) is 25.4 Å². The normalized spacial score (nSPS) is 10.8. The molecule has 0 aliphatic carbocycles. The molecule has 3 aromatic carbocycles. The lowest BCUT2D eigenvalue weighted by atomic mass is 10.2. The minimum Gasteiger partial charge on any atom is -0.494 e. The van der Waals surface area contributed by atoms with Crippen molar-refractivity contribution in [3.63, 3.8) is 0 Å². The molecule has 4 N–H and O–H groups in total. The van der Waals surface area contributed by atoms with Gasteiger partial charge in [0.25, 0.3) is 0 Å². The molecule has 0 saturated heterocycles. The van der Waals surface area contributed by atoms with Gasteiger partial charge in [0.1, 0.15) is 17.2 Å². The van der Waals surface area contributed by atoms with Crippen LogP contribution in [0.5, 0.6) is 17.2 Å². The van der Waals surface area contributed by atoms with Crippen molar-refractivity contribution in [3.05, 3.63) is 83.9 Å². The van der Waals surface area contributed by atoms with Gasteiger partial charge in [-0.05, 0) is 72.7 Å². The minimum atomic E-state index is -0.484. The topological polar surface area (TPSA) is 123 Å². The highest BCUT2D eigenvalue weighted by atomic mass is 16.5. The fraction of sp³-hybridized carbons (Fsp3) is 0.267. The first-order chi connectivity index (χ1) is 18.4. The van der Waals surface area contributed by atoms with Crippen LogP contribution in [-0.4, -0.2) is 31.8 Å². The Bertz CT molecular complexity index is 1190. The molecule has 0 radical (unpaired) electrons. The molecule has 0 aliphatic rings. The van der Waals surface area contributed by atoms with Gasteiger partial charge in [0, 0.05) is 23.9 Å². The van der Waals surface area contributed by atoms with Gasteiger partial charge in [-0.2, -0.15) is 0 Å². The molecule has 0 amide bonds. The van der Waals surface area contributed by atoms with E-state index in [0.717, 1.165) is 30.6 Å². The van der Waals surface area contributed by atoms with Gasteiger partial charge in [-0.25, -0.2) is 9.59 Å². The fourth-order valence-electron chi connectivity index (χ4n) is 3.43. The van der Waals surface area contributed by atoms with Gasteiger partial charge in [0.2, 0.25) is 0 Å². The van der Waals surface area contributed by atoms with E-state index in [1.54, 1.807) is 48.5 Å². The molecule has 38 heavy (non-hydrogen) atoms. The smallest absolute Gasteiger partial charge is 0.338 e. The molecule has 0 aromatic heterocycles. The Morgan fingerprint density at radius 2 is 1.32 bits per heavy atom. The summed E-state index contributed by atoms with van der Waals surface area (Å²) in [6.45, 7) is 3.40. The van der Waals surface area contributed by atoms with Crippen molar-refractivity contribution in [1.82, 2.24) is 0 Å². The second-order valence-electron chi connectivity index (χ2n) is 8.58. The van der Waals surface area contributed by atoms with Crippen LogP contribution >= 0.6 is 0 Å². The van der Waals surface area contributed by atoms with Crippen LogP contribution in [0.15, 0.2) is 72.8 Å². The Balaban J connectivity index is 1.35. The Morgan fingerprint density at radius 1 is 0.737 bits per heavy atom. The van der Waals surface area contributed by atoms with E-state index in [9.17, 15) is 9.59 Å². The first-order valence-corrected chi connectivity index (χ1v) is 12.6. The summed E-state index contributed by atoms with van der Waals surface area (Å²) in [7, 11) is 0. The van der Waals surface area contributed by atoms with Crippen molar-refractivity contribution in [1.29, 1.82) is 0 Å². The van der Waals surface area contributed by atoms with E-state index in [2.05, 4.69) is 6.92 Å². The molecule has 0 aliphatic heterocycles. The van der Waals surface area contributed by atoms with Crippen LogP contribution in [0.3, 0.4) is 0 Å². The first kappa shape index (κ1) is 28.1. The third-order valence-corrected chi connectivity index (χ3v) is 5.35. The van der Waals surface area contributed by atoms with E-state index < -0.39 is 11.9 Å². The predicted molar refractivity (Wildman–Crippen MR) is 148 cm³/mol. The van der Waals surface area contributed by atoms with Gasteiger partial charge >= 0.3 is 11.9 Å². The van der Waals surface area contributed by atoms with Gasteiger partial charge in [-0.3, -0.25) is 0 Å². The molecule has 0 atom stereocenters. The highest BCUT2D eigenvalue weighted by molar-refractivity contribution is 5.91. The highest BCUT2D eigenvalue weighted by Gasteiger charge is 2.09. The van der Waals surface area contributed by atoms with Gasteiger partial charge in [0.15, 0.2) is 0 Å². The number of unbranched alkanes of at least 4 members (excludes halogenated alkanes) is 2. The lowest BCUT2D eigenvalue weighted by Gasteiger charge is -2.08. The number of benzene rings is 3. The molecule has 0 unspecified atom stereocenters. The van der Waals surface area contributed by atoms with Crippen molar-refractivity contribution in [2.75, 3.05) is 31.3 Å². The summed E-state index contributed by atoms with van der Waals surface area (Å²) in [6, 6.07) is 18.9. The van der Waals surface area contributed by atoms with Crippen LogP contribution in [0.1, 0.15) is 48.5 Å². The predicted octanol–water partition coefficient (Wildman–Crippen LogP) is 5.66. The highest BCUT2D eigenvalue weighted by Crippen LogP contribution is 2.19. The van der Waals surface area contributed by atoms with Crippen LogP contribution < -0.4 is 25.7 Å². The van der Waals surface area contributed by atoms with Gasteiger partial charge in [-0.15, -0.1) is 0 Å². The van der Waals surface area contributed by atoms with Crippen molar-refractivity contribution in [3.8, 4) is 17.2 Å². The SMILES string of the molecule is CCCCCOc1ccc(OC(=O)C=Cc2ccc(OCCCOC(=O)c3cc(N)cc(N)c3)cc2)cc1. The van der Waals surface area contributed by atoms with E-state index in [0.29, 0.717) is 48.1 Å². The Morgan fingerprint density at radius 3 is 1.95 bits per heavy atom. The number of hydrogen-bond donors (Lipinski definition) is 2. The second kappa shape index (κ2) is 14.9. The summed E-state index contributed by atoms with van der Waals surface area (Å²) >= 11 is 0. The van der Waals surface area contributed by atoms with Crippen molar-refractivity contribution >= 4 is 29.4 Å². The van der Waals surface area contributed by atoms with E-state index in [1.807, 2.05) is 12.1 Å². The van der Waals surface area contributed by atoms with Crippen LogP contribution in [0, 0.1) is 0 Å². The number of anilines is 2. The zero-order valence-corrected chi connectivity index (χ0v) is 21.6. The number of nitrogens with two attached hydrogens (primary N) is 2. The summed E-state index contributed by atoms with van der Waals surface area (Å²) in [4.78, 5) is 24.2. The van der Waals surface area contributed by atoms with Gasteiger partial charge < -0.3 is 30.4 Å². The lowest BCUT2D eigenvalue weighted by Crippen LogP contribution is -2.10. The van der Waals surface area contributed by atoms with Crippen LogP contribution in [-0.2, 0) is 9.53 Å². The number of carbonyl (C=O) groups excluding carboxylic acids is 2. The quantitative estimate of drug-likeness (QED) is 0.0921. The second-order valence-corrected chi connectivity index (χ2v) is 8.58. The summed E-state index contributed by atoms with van der Waals surface area (Å²) < 4.78 is 21.9. The molecule has 200 valence electrons. The van der Waals surface area contributed by atoms with E-state index in [1.165, 1.54) is 18.2 Å². The molecule has 0 saturated carbocycles. The standard InChI is InChI=1S/C30H34N2O6/c1-2-3-4-16-35-27-11-13-28(14-12-27)38-29(33)15-8-22-6-9-26(10-7-22)36-17-5-18-37-30(34)23-19-24(31)21-25(32)20-23/h6-15,19-21H,2-5,16-18,31-32H2,1H3. The Kier molecular flexibility index (Phi) is 11.1. The molecule has 3 rings (SSSR count). The summed E-state index contributed by atoms with van der Waals surface area (Å²) in [5.41, 5.74) is 13.3. The van der Waals surface area contributed by atoms with E-state index >= 15 is 0 Å². The third kappa shape index (κ3) is 9.89.